The molecule has 4 rings (SSSR count). The number of carbonyl (C=O) groups is 1. The first-order valence-corrected chi connectivity index (χ1v) is 7.46. The van der Waals surface area contributed by atoms with E-state index in [9.17, 15) is 4.79 Å². The normalized spacial score (nSPS) is 19.6. The van der Waals surface area contributed by atoms with Crippen LogP contribution >= 0.6 is 0 Å². The molecule has 2 fully saturated rings. The van der Waals surface area contributed by atoms with Crippen molar-refractivity contribution in [2.45, 2.75) is 50.4 Å². The van der Waals surface area contributed by atoms with Gasteiger partial charge in [-0.1, -0.05) is 12.8 Å². The van der Waals surface area contributed by atoms with Crippen LogP contribution in [0.2, 0.25) is 0 Å². The summed E-state index contributed by atoms with van der Waals surface area (Å²) in [5.74, 6) is 1.79. The third-order valence-electron chi connectivity index (χ3n) is 4.71. The summed E-state index contributed by atoms with van der Waals surface area (Å²) in [6.07, 6.45) is 10.9. The van der Waals surface area contributed by atoms with Gasteiger partial charge in [-0.15, -0.1) is 0 Å². The maximum absolute atomic E-state index is 12.3. The van der Waals surface area contributed by atoms with E-state index in [1.54, 1.807) is 12.4 Å². The number of imidazole rings is 2. The van der Waals surface area contributed by atoms with Gasteiger partial charge in [-0.25, -0.2) is 9.97 Å². The molecule has 0 spiro atoms. The molecule has 0 radical (unpaired) electrons. The zero-order chi connectivity index (χ0) is 13.5. The van der Waals surface area contributed by atoms with Crippen molar-refractivity contribution in [3.05, 3.63) is 35.4 Å². The first-order chi connectivity index (χ1) is 9.81. The number of nitrogens with zero attached hydrogens (tertiary/aromatic N) is 2. The maximum atomic E-state index is 12.3. The summed E-state index contributed by atoms with van der Waals surface area (Å²) in [4.78, 5) is 27.1. The Hall–Kier alpha value is -1.91. The Balaban J connectivity index is 1.53. The van der Waals surface area contributed by atoms with Crippen molar-refractivity contribution in [3.8, 4) is 0 Å². The molecule has 2 aliphatic rings. The summed E-state index contributed by atoms with van der Waals surface area (Å²) in [7, 11) is 0. The molecule has 0 bridgehead atoms. The van der Waals surface area contributed by atoms with Gasteiger partial charge in [-0.3, -0.25) is 4.79 Å². The summed E-state index contributed by atoms with van der Waals surface area (Å²) in [5.41, 5.74) is 2.18. The molecule has 2 heterocycles. The molecular formula is C15H18N4O. The molecule has 0 aromatic carbocycles. The fourth-order valence-corrected chi connectivity index (χ4v) is 2.87. The molecule has 20 heavy (non-hydrogen) atoms. The third-order valence-corrected chi connectivity index (χ3v) is 4.71. The Kier molecular flexibility index (Phi) is 2.72. The number of aromatic nitrogens is 4. The molecule has 0 aliphatic heterocycles. The second-order valence-electron chi connectivity index (χ2n) is 5.96. The lowest BCUT2D eigenvalue weighted by Gasteiger charge is -2.23. The van der Waals surface area contributed by atoms with E-state index in [2.05, 4.69) is 19.9 Å². The number of hydrogen-bond donors (Lipinski definition) is 2. The topological polar surface area (TPSA) is 74.4 Å². The monoisotopic (exact) mass is 270 g/mol. The van der Waals surface area contributed by atoms with Crippen molar-refractivity contribution in [2.75, 3.05) is 0 Å². The SMILES string of the molecule is O=C(c1ncc(C2CCC2)[nH]1)c1ncc(C2CCC2)[nH]1. The lowest BCUT2D eigenvalue weighted by Crippen LogP contribution is -2.11. The van der Waals surface area contributed by atoms with Crippen molar-refractivity contribution >= 4 is 5.78 Å². The minimum absolute atomic E-state index is 0.138. The first-order valence-electron chi connectivity index (χ1n) is 7.46. The average Bonchev–Trinajstić information content (AvgIpc) is 2.93. The molecule has 5 heteroatoms. The van der Waals surface area contributed by atoms with Crippen molar-refractivity contribution in [2.24, 2.45) is 0 Å². The number of aromatic amines is 2. The molecule has 2 aliphatic carbocycles. The first kappa shape index (κ1) is 11.9. The van der Waals surface area contributed by atoms with Gasteiger partial charge in [0.1, 0.15) is 0 Å². The lowest BCUT2D eigenvalue weighted by molar-refractivity contribution is 0.102. The summed E-state index contributed by atoms with van der Waals surface area (Å²) in [5, 5.41) is 0. The number of nitrogens with one attached hydrogen (secondary N) is 2. The minimum atomic E-state index is -0.138. The standard InChI is InChI=1S/C15H18N4O/c20-13(14-16-7-11(18-14)9-3-1-4-9)15-17-8-12(19-15)10-5-2-6-10/h7-10H,1-6H2,(H,16,18)(H,17,19). The van der Waals surface area contributed by atoms with Crippen LogP contribution in [0.15, 0.2) is 12.4 Å². The van der Waals surface area contributed by atoms with Crippen molar-refractivity contribution in [1.82, 2.24) is 19.9 Å². The quantitative estimate of drug-likeness (QED) is 0.839. The number of carbonyl (C=O) groups excluding carboxylic acids is 1. The molecular weight excluding hydrogens is 252 g/mol. The fourth-order valence-electron chi connectivity index (χ4n) is 2.87. The second kappa shape index (κ2) is 4.58. The van der Waals surface area contributed by atoms with Gasteiger partial charge in [0.05, 0.1) is 0 Å². The molecule has 0 amide bonds. The molecule has 2 aromatic heterocycles. The molecule has 0 saturated heterocycles. The highest BCUT2D eigenvalue weighted by molar-refractivity contribution is 6.03. The summed E-state index contributed by atoms with van der Waals surface area (Å²) >= 11 is 0. The number of hydrogen-bond acceptors (Lipinski definition) is 3. The van der Waals surface area contributed by atoms with E-state index < -0.39 is 0 Å². The minimum Gasteiger partial charge on any atom is -0.339 e. The van der Waals surface area contributed by atoms with Gasteiger partial charge in [0.15, 0.2) is 11.6 Å². The van der Waals surface area contributed by atoms with Gasteiger partial charge in [0.25, 0.3) is 5.78 Å². The zero-order valence-corrected chi connectivity index (χ0v) is 11.4. The smallest absolute Gasteiger partial charge is 0.263 e. The van der Waals surface area contributed by atoms with Crippen LogP contribution in [0.25, 0.3) is 0 Å². The summed E-state index contributed by atoms with van der Waals surface area (Å²) < 4.78 is 0. The Morgan fingerprint density at radius 2 is 1.35 bits per heavy atom. The zero-order valence-electron chi connectivity index (χ0n) is 11.4. The lowest BCUT2D eigenvalue weighted by atomic mass is 9.83. The van der Waals surface area contributed by atoms with E-state index in [4.69, 9.17) is 0 Å². The highest BCUT2D eigenvalue weighted by Gasteiger charge is 2.25. The van der Waals surface area contributed by atoms with Crippen LogP contribution in [0.1, 0.15) is 78.2 Å². The molecule has 0 unspecified atom stereocenters. The van der Waals surface area contributed by atoms with Gasteiger partial charge in [-0.2, -0.15) is 0 Å². The van der Waals surface area contributed by atoms with Crippen LogP contribution in [0.5, 0.6) is 0 Å². The van der Waals surface area contributed by atoms with Gasteiger partial charge in [-0.05, 0) is 25.7 Å². The summed E-state index contributed by atoms with van der Waals surface area (Å²) in [6.45, 7) is 0. The molecule has 5 nitrogen and oxygen atoms in total. The molecule has 104 valence electrons. The Morgan fingerprint density at radius 1 is 0.900 bits per heavy atom. The van der Waals surface area contributed by atoms with Crippen LogP contribution in [0.4, 0.5) is 0 Å². The third kappa shape index (κ3) is 1.88. The van der Waals surface area contributed by atoms with E-state index in [1.165, 1.54) is 38.5 Å². The van der Waals surface area contributed by atoms with Crippen LogP contribution < -0.4 is 0 Å². The average molecular weight is 270 g/mol. The molecule has 2 saturated carbocycles. The highest BCUT2D eigenvalue weighted by atomic mass is 16.1. The predicted molar refractivity (Wildman–Crippen MR) is 73.8 cm³/mol. The Bertz CT molecular complexity index is 580. The predicted octanol–water partition coefficient (Wildman–Crippen LogP) is 2.90. The Labute approximate surface area is 117 Å². The molecule has 0 atom stereocenters. The van der Waals surface area contributed by atoms with Gasteiger partial charge in [0.2, 0.25) is 0 Å². The van der Waals surface area contributed by atoms with E-state index >= 15 is 0 Å². The van der Waals surface area contributed by atoms with Crippen molar-refractivity contribution in [3.63, 3.8) is 0 Å². The van der Waals surface area contributed by atoms with Gasteiger partial charge >= 0.3 is 0 Å². The van der Waals surface area contributed by atoms with E-state index in [-0.39, 0.29) is 5.78 Å². The van der Waals surface area contributed by atoms with Crippen LogP contribution in [0.3, 0.4) is 0 Å². The largest absolute Gasteiger partial charge is 0.339 e. The molecule has 2 N–H and O–H groups in total. The second-order valence-corrected chi connectivity index (χ2v) is 5.96. The van der Waals surface area contributed by atoms with E-state index in [0.717, 1.165) is 11.4 Å². The van der Waals surface area contributed by atoms with Crippen LogP contribution in [-0.2, 0) is 0 Å². The van der Waals surface area contributed by atoms with Crippen LogP contribution in [0, 0.1) is 0 Å². The Morgan fingerprint density at radius 3 is 1.70 bits per heavy atom. The van der Waals surface area contributed by atoms with Gasteiger partial charge < -0.3 is 9.97 Å². The fraction of sp³-hybridized carbons (Fsp3) is 0.533. The van der Waals surface area contributed by atoms with Crippen LogP contribution in [-0.4, -0.2) is 25.7 Å². The molecule has 2 aromatic rings. The van der Waals surface area contributed by atoms with E-state index in [1.807, 2.05) is 0 Å². The highest BCUT2D eigenvalue weighted by Crippen LogP contribution is 2.36. The van der Waals surface area contributed by atoms with Crippen molar-refractivity contribution < 1.29 is 4.79 Å². The number of rotatable bonds is 4. The van der Waals surface area contributed by atoms with Gasteiger partial charge in [0, 0.05) is 35.6 Å². The maximum Gasteiger partial charge on any atom is 0.263 e. The number of H-pyrrole nitrogens is 2. The summed E-state index contributed by atoms with van der Waals surface area (Å²) in [6, 6.07) is 0. The van der Waals surface area contributed by atoms with Crippen molar-refractivity contribution in [1.29, 1.82) is 0 Å². The number of ketones is 1. The van der Waals surface area contributed by atoms with E-state index in [0.29, 0.717) is 23.5 Å².